The molecule has 2 aliphatic rings. The lowest BCUT2D eigenvalue weighted by atomic mass is 10.1. The molecule has 0 aromatic carbocycles. The van der Waals surface area contributed by atoms with Crippen molar-refractivity contribution in [3.63, 3.8) is 0 Å². The minimum Gasteiger partial charge on any atom is -0.464 e. The van der Waals surface area contributed by atoms with E-state index < -0.39 is 24.8 Å². The van der Waals surface area contributed by atoms with Gasteiger partial charge in [0.25, 0.3) is 0 Å². The molecule has 3 heterocycles. The molecule has 6 heteroatoms. The number of hydrogen-bond donors (Lipinski definition) is 1. The molecule has 1 aromatic rings. The zero-order valence-electron chi connectivity index (χ0n) is 9.31. The molecule has 2 saturated heterocycles. The Morgan fingerprint density at radius 1 is 1.41 bits per heavy atom. The minimum atomic E-state index is -0.862. The van der Waals surface area contributed by atoms with Crippen LogP contribution in [0.25, 0.3) is 0 Å². The molecule has 1 unspecified atom stereocenters. The molecule has 94 valence electrons. The van der Waals surface area contributed by atoms with E-state index in [0.717, 1.165) is 0 Å². The summed E-state index contributed by atoms with van der Waals surface area (Å²) in [5, 5.41) is 9.97. The van der Waals surface area contributed by atoms with Crippen LogP contribution in [0.2, 0.25) is 0 Å². The first-order valence-electron chi connectivity index (χ1n) is 5.46. The predicted molar refractivity (Wildman–Crippen MR) is 54.0 cm³/mol. The summed E-state index contributed by atoms with van der Waals surface area (Å²) in [5.41, 5.74) is 0. The second-order valence-electron chi connectivity index (χ2n) is 4.05. The van der Waals surface area contributed by atoms with Crippen LogP contribution in [0.5, 0.6) is 0 Å². The Morgan fingerprint density at radius 2 is 2.29 bits per heavy atom. The van der Waals surface area contributed by atoms with Gasteiger partial charge in [0.05, 0.1) is 12.9 Å². The maximum atomic E-state index is 9.97. The summed E-state index contributed by atoms with van der Waals surface area (Å²) in [6.07, 6.45) is -1.33. The third kappa shape index (κ3) is 1.88. The van der Waals surface area contributed by atoms with Gasteiger partial charge in [0.15, 0.2) is 12.1 Å². The maximum Gasteiger partial charge on any atom is 0.218 e. The summed E-state index contributed by atoms with van der Waals surface area (Å²) in [4.78, 5) is 0. The summed E-state index contributed by atoms with van der Waals surface area (Å²) < 4.78 is 26.8. The van der Waals surface area contributed by atoms with Crippen molar-refractivity contribution in [2.75, 3.05) is 13.7 Å². The molecule has 0 saturated carbocycles. The number of furan rings is 1. The number of fused-ring (bicyclic) bond motifs is 1. The minimum absolute atomic E-state index is 0.300. The van der Waals surface area contributed by atoms with Crippen molar-refractivity contribution in [3.05, 3.63) is 24.2 Å². The molecule has 3 rings (SSSR count). The molecule has 0 amide bonds. The van der Waals surface area contributed by atoms with Crippen molar-refractivity contribution in [2.45, 2.75) is 30.9 Å². The number of aliphatic hydroxyl groups excluding tert-OH is 1. The number of methoxy groups -OCH3 is 1. The van der Waals surface area contributed by atoms with E-state index in [9.17, 15) is 5.11 Å². The van der Waals surface area contributed by atoms with Gasteiger partial charge < -0.3 is 28.5 Å². The van der Waals surface area contributed by atoms with Crippen molar-refractivity contribution in [1.29, 1.82) is 0 Å². The van der Waals surface area contributed by atoms with Gasteiger partial charge in [-0.1, -0.05) is 0 Å². The second kappa shape index (κ2) is 4.40. The predicted octanol–water partition coefficient (Wildman–Crippen LogP) is 0.426. The smallest absolute Gasteiger partial charge is 0.218 e. The van der Waals surface area contributed by atoms with E-state index in [1.54, 1.807) is 18.4 Å². The first kappa shape index (κ1) is 11.2. The summed E-state index contributed by atoms with van der Waals surface area (Å²) in [6, 6.07) is 3.53. The van der Waals surface area contributed by atoms with Crippen molar-refractivity contribution in [3.8, 4) is 0 Å². The lowest BCUT2D eigenvalue weighted by Crippen LogP contribution is -2.52. The highest BCUT2D eigenvalue weighted by molar-refractivity contribution is 5.03. The largest absolute Gasteiger partial charge is 0.464 e. The molecule has 2 fully saturated rings. The van der Waals surface area contributed by atoms with Gasteiger partial charge in [-0.25, -0.2) is 0 Å². The van der Waals surface area contributed by atoms with E-state index in [0.29, 0.717) is 12.4 Å². The monoisotopic (exact) mass is 242 g/mol. The SMILES string of the molecule is CO[C@H]1OC[C@@H]2OC(c3ccco3)O[C@@H]2[C@@H]1O. The molecule has 1 aromatic heterocycles. The summed E-state index contributed by atoms with van der Waals surface area (Å²) >= 11 is 0. The van der Waals surface area contributed by atoms with Crippen LogP contribution >= 0.6 is 0 Å². The Hall–Kier alpha value is -0.920. The zero-order chi connectivity index (χ0) is 11.8. The fourth-order valence-electron chi connectivity index (χ4n) is 2.14. The molecule has 5 atom stereocenters. The summed E-state index contributed by atoms with van der Waals surface area (Å²) in [5.74, 6) is 0.584. The van der Waals surface area contributed by atoms with E-state index in [4.69, 9.17) is 23.4 Å². The van der Waals surface area contributed by atoms with Crippen molar-refractivity contribution >= 4 is 0 Å². The van der Waals surface area contributed by atoms with Crippen LogP contribution in [0, 0.1) is 0 Å². The van der Waals surface area contributed by atoms with Gasteiger partial charge in [0, 0.05) is 7.11 Å². The Bertz CT molecular complexity index is 364. The molecule has 17 heavy (non-hydrogen) atoms. The van der Waals surface area contributed by atoms with Crippen LogP contribution in [0.15, 0.2) is 22.8 Å². The fraction of sp³-hybridized carbons (Fsp3) is 0.636. The zero-order valence-corrected chi connectivity index (χ0v) is 9.31. The molecule has 2 aliphatic heterocycles. The standard InChI is InChI=1S/C11H14O6/c1-13-11-8(12)9-7(5-15-11)16-10(17-9)6-3-2-4-14-6/h2-4,7-12H,5H2,1H3/t7-,8-,9-,10?,11-/m0/s1. The van der Waals surface area contributed by atoms with Gasteiger partial charge in [-0.3, -0.25) is 0 Å². The fourth-order valence-corrected chi connectivity index (χ4v) is 2.14. The third-order valence-corrected chi connectivity index (χ3v) is 2.99. The number of hydrogen-bond acceptors (Lipinski definition) is 6. The van der Waals surface area contributed by atoms with Gasteiger partial charge in [-0.2, -0.15) is 0 Å². The van der Waals surface area contributed by atoms with Gasteiger partial charge in [0.2, 0.25) is 6.29 Å². The van der Waals surface area contributed by atoms with Crippen molar-refractivity contribution in [1.82, 2.24) is 0 Å². The number of ether oxygens (including phenoxy) is 4. The van der Waals surface area contributed by atoms with E-state index >= 15 is 0 Å². The highest BCUT2D eigenvalue weighted by Gasteiger charge is 2.48. The maximum absolute atomic E-state index is 9.97. The average molecular weight is 242 g/mol. The number of rotatable bonds is 2. The summed E-state index contributed by atoms with van der Waals surface area (Å²) in [6.45, 7) is 0.331. The molecule has 1 N–H and O–H groups in total. The van der Waals surface area contributed by atoms with E-state index in [2.05, 4.69) is 0 Å². The normalized spacial score (nSPS) is 41.4. The highest BCUT2D eigenvalue weighted by Crippen LogP contribution is 2.36. The van der Waals surface area contributed by atoms with Gasteiger partial charge in [-0.15, -0.1) is 0 Å². The van der Waals surface area contributed by atoms with E-state index in [1.807, 2.05) is 0 Å². The van der Waals surface area contributed by atoms with Crippen LogP contribution in [0.1, 0.15) is 12.1 Å². The lowest BCUT2D eigenvalue weighted by molar-refractivity contribution is -0.241. The third-order valence-electron chi connectivity index (χ3n) is 2.99. The van der Waals surface area contributed by atoms with Gasteiger partial charge in [0.1, 0.15) is 18.3 Å². The van der Waals surface area contributed by atoms with Crippen LogP contribution in [0.3, 0.4) is 0 Å². The first-order valence-corrected chi connectivity index (χ1v) is 5.46. The summed E-state index contributed by atoms with van der Waals surface area (Å²) in [7, 11) is 1.48. The molecular weight excluding hydrogens is 228 g/mol. The quantitative estimate of drug-likeness (QED) is 0.810. The highest BCUT2D eigenvalue weighted by atomic mass is 16.8. The van der Waals surface area contributed by atoms with Crippen molar-refractivity contribution in [2.24, 2.45) is 0 Å². The topological polar surface area (TPSA) is 70.3 Å². The molecule has 0 aliphatic carbocycles. The van der Waals surface area contributed by atoms with Crippen LogP contribution < -0.4 is 0 Å². The number of aliphatic hydroxyl groups is 1. The molecule has 0 bridgehead atoms. The van der Waals surface area contributed by atoms with Gasteiger partial charge >= 0.3 is 0 Å². The van der Waals surface area contributed by atoms with Crippen LogP contribution in [-0.4, -0.2) is 43.4 Å². The average Bonchev–Trinajstić information content (AvgIpc) is 2.98. The second-order valence-corrected chi connectivity index (χ2v) is 4.05. The Labute approximate surface area is 98.0 Å². The van der Waals surface area contributed by atoms with Gasteiger partial charge in [-0.05, 0) is 12.1 Å². The van der Waals surface area contributed by atoms with E-state index in [-0.39, 0.29) is 6.10 Å². The van der Waals surface area contributed by atoms with Crippen molar-refractivity contribution < 1.29 is 28.5 Å². The Kier molecular flexibility index (Phi) is 2.89. The van der Waals surface area contributed by atoms with E-state index in [1.165, 1.54) is 7.11 Å². The molecular formula is C11H14O6. The Morgan fingerprint density at radius 3 is 3.00 bits per heavy atom. The lowest BCUT2D eigenvalue weighted by Gasteiger charge is -2.33. The Balaban J connectivity index is 1.73. The van der Waals surface area contributed by atoms with Crippen LogP contribution in [0.4, 0.5) is 0 Å². The molecule has 0 spiro atoms. The first-order chi connectivity index (χ1) is 8.29. The molecule has 6 nitrogen and oxygen atoms in total. The van der Waals surface area contributed by atoms with Crippen LogP contribution in [-0.2, 0) is 18.9 Å². The molecule has 0 radical (unpaired) electrons.